The number of aromatic nitrogens is 4. The summed E-state index contributed by atoms with van der Waals surface area (Å²) in [4.78, 5) is 31.6. The highest BCUT2D eigenvalue weighted by Gasteiger charge is 2.29. The number of carbonyl (C=O) groups is 1. The highest BCUT2D eigenvalue weighted by atomic mass is 16.2. The van der Waals surface area contributed by atoms with Crippen molar-refractivity contribution in [2.75, 3.05) is 13.1 Å². The zero-order valence-corrected chi connectivity index (χ0v) is 19.6. The van der Waals surface area contributed by atoms with Gasteiger partial charge >= 0.3 is 0 Å². The summed E-state index contributed by atoms with van der Waals surface area (Å²) < 4.78 is 0. The van der Waals surface area contributed by atoms with Crippen molar-refractivity contribution in [1.29, 1.82) is 0 Å². The van der Waals surface area contributed by atoms with Crippen molar-refractivity contribution in [2.45, 2.75) is 45.7 Å². The monoisotopic (exact) mass is 452 g/mol. The molecule has 1 saturated heterocycles. The molecule has 0 aliphatic carbocycles. The number of hydrogen-bond acceptors (Lipinski definition) is 5. The topological polar surface area (TPSA) is 86.8 Å². The number of aromatic amines is 1. The van der Waals surface area contributed by atoms with Gasteiger partial charge in [0.15, 0.2) is 0 Å². The van der Waals surface area contributed by atoms with E-state index in [0.29, 0.717) is 24.8 Å². The summed E-state index contributed by atoms with van der Waals surface area (Å²) in [7, 11) is 0. The van der Waals surface area contributed by atoms with E-state index in [1.54, 1.807) is 12.4 Å². The molecule has 7 nitrogen and oxygen atoms in total. The normalized spacial score (nSPS) is 17.8. The van der Waals surface area contributed by atoms with Gasteiger partial charge in [0.25, 0.3) is 5.91 Å². The van der Waals surface area contributed by atoms with Crippen LogP contribution < -0.4 is 5.32 Å². The molecular weight excluding hydrogens is 424 g/mol. The molecule has 0 bridgehead atoms. The molecule has 172 valence electrons. The Bertz CT molecular complexity index is 1380. The third-order valence-corrected chi connectivity index (χ3v) is 7.17. The number of nitrogens with one attached hydrogen (secondary N) is 2. The van der Waals surface area contributed by atoms with E-state index in [0.717, 1.165) is 41.7 Å². The average Bonchev–Trinajstić information content (AvgIpc) is 3.53. The molecule has 6 rings (SSSR count). The van der Waals surface area contributed by atoms with Crippen LogP contribution in [0.25, 0.3) is 22.2 Å². The number of pyridine rings is 1. The Morgan fingerprint density at radius 2 is 1.97 bits per heavy atom. The summed E-state index contributed by atoms with van der Waals surface area (Å²) in [6.07, 6.45) is 10.3. The van der Waals surface area contributed by atoms with E-state index in [4.69, 9.17) is 0 Å². The van der Waals surface area contributed by atoms with E-state index in [9.17, 15) is 4.79 Å². The fraction of sp³-hybridized carbons (Fsp3) is 0.333. The second kappa shape index (κ2) is 8.33. The van der Waals surface area contributed by atoms with Crippen molar-refractivity contribution in [3.05, 3.63) is 76.6 Å². The van der Waals surface area contributed by atoms with Gasteiger partial charge in [-0.25, -0.2) is 9.97 Å². The number of H-pyrrole nitrogens is 1. The van der Waals surface area contributed by atoms with Crippen LogP contribution in [-0.4, -0.2) is 43.8 Å². The van der Waals surface area contributed by atoms with Gasteiger partial charge in [-0.05, 0) is 79.6 Å². The highest BCUT2D eigenvalue weighted by Crippen LogP contribution is 2.36. The molecule has 0 radical (unpaired) electrons. The largest absolute Gasteiger partial charge is 0.346 e. The molecule has 34 heavy (non-hydrogen) atoms. The molecule has 3 aromatic heterocycles. The fourth-order valence-corrected chi connectivity index (χ4v) is 5.26. The maximum Gasteiger partial charge on any atom is 0.274 e. The van der Waals surface area contributed by atoms with Crippen molar-refractivity contribution in [1.82, 2.24) is 30.2 Å². The second-order valence-corrected chi connectivity index (χ2v) is 9.46. The Balaban J connectivity index is 1.39. The summed E-state index contributed by atoms with van der Waals surface area (Å²) in [6, 6.07) is 7.16. The molecule has 1 aromatic carbocycles. The van der Waals surface area contributed by atoms with E-state index in [-0.39, 0.29) is 5.91 Å². The molecule has 2 aliphatic heterocycles. The van der Waals surface area contributed by atoms with E-state index < -0.39 is 0 Å². The Morgan fingerprint density at radius 1 is 1.06 bits per heavy atom. The number of benzene rings is 1. The Morgan fingerprint density at radius 3 is 2.76 bits per heavy atom. The molecular formula is C27H28N6O. The first-order valence-electron chi connectivity index (χ1n) is 12.0. The lowest BCUT2D eigenvalue weighted by atomic mass is 9.87. The number of aryl methyl sites for hydroxylation is 2. The molecule has 2 N–H and O–H groups in total. The SMILES string of the molecule is Cc1cnc(C(=O)N2CCc3cc(-c4cnc5[nH]cc(C)c5c4)cc([C@@H]4CCCN4)c3C2)cn1. The first-order chi connectivity index (χ1) is 16.6. The van der Waals surface area contributed by atoms with Crippen LogP contribution in [0.4, 0.5) is 0 Å². The number of fused-ring (bicyclic) bond motifs is 2. The Hall–Kier alpha value is -3.58. The van der Waals surface area contributed by atoms with Crippen LogP contribution in [0.15, 0.2) is 43.0 Å². The third-order valence-electron chi connectivity index (χ3n) is 7.17. The van der Waals surface area contributed by atoms with Crippen molar-refractivity contribution in [2.24, 2.45) is 0 Å². The quantitative estimate of drug-likeness (QED) is 0.485. The molecule has 2 aliphatic rings. The van der Waals surface area contributed by atoms with Crippen molar-refractivity contribution >= 4 is 16.9 Å². The molecule has 0 saturated carbocycles. The summed E-state index contributed by atoms with van der Waals surface area (Å²) in [5.74, 6) is -0.0508. The van der Waals surface area contributed by atoms with Crippen LogP contribution in [0, 0.1) is 13.8 Å². The van der Waals surface area contributed by atoms with Crippen molar-refractivity contribution in [3.63, 3.8) is 0 Å². The number of hydrogen-bond donors (Lipinski definition) is 2. The van der Waals surface area contributed by atoms with Gasteiger partial charge in [0.2, 0.25) is 0 Å². The fourth-order valence-electron chi connectivity index (χ4n) is 5.26. The summed E-state index contributed by atoms with van der Waals surface area (Å²) in [6.45, 7) is 6.29. The van der Waals surface area contributed by atoms with Crippen LogP contribution in [-0.2, 0) is 13.0 Å². The first kappa shape index (κ1) is 21.0. The van der Waals surface area contributed by atoms with Crippen molar-refractivity contribution < 1.29 is 4.79 Å². The lowest BCUT2D eigenvalue weighted by molar-refractivity contribution is 0.0727. The number of nitrogens with zero attached hydrogens (tertiary/aromatic N) is 4. The zero-order valence-electron chi connectivity index (χ0n) is 19.6. The molecule has 4 aromatic rings. The van der Waals surface area contributed by atoms with Gasteiger partial charge in [-0.3, -0.25) is 9.78 Å². The molecule has 1 atom stereocenters. The molecule has 0 unspecified atom stereocenters. The number of carbonyl (C=O) groups excluding carboxylic acids is 1. The van der Waals surface area contributed by atoms with Gasteiger partial charge in [0.1, 0.15) is 11.3 Å². The summed E-state index contributed by atoms with van der Waals surface area (Å²) in [5, 5.41) is 4.83. The maximum atomic E-state index is 13.2. The molecule has 0 spiro atoms. The van der Waals surface area contributed by atoms with Gasteiger partial charge in [0.05, 0.1) is 11.9 Å². The zero-order chi connectivity index (χ0) is 23.2. The maximum absolute atomic E-state index is 13.2. The van der Waals surface area contributed by atoms with Crippen LogP contribution in [0.5, 0.6) is 0 Å². The average molecular weight is 453 g/mol. The Labute approximate surface area is 198 Å². The van der Waals surface area contributed by atoms with Crippen LogP contribution in [0.3, 0.4) is 0 Å². The minimum Gasteiger partial charge on any atom is -0.346 e. The summed E-state index contributed by atoms with van der Waals surface area (Å²) >= 11 is 0. The number of rotatable bonds is 3. The molecule has 1 amide bonds. The summed E-state index contributed by atoms with van der Waals surface area (Å²) in [5.41, 5.74) is 9.58. The second-order valence-electron chi connectivity index (χ2n) is 9.46. The van der Waals surface area contributed by atoms with E-state index >= 15 is 0 Å². The van der Waals surface area contributed by atoms with Crippen molar-refractivity contribution in [3.8, 4) is 11.1 Å². The first-order valence-corrected chi connectivity index (χ1v) is 12.0. The smallest absolute Gasteiger partial charge is 0.274 e. The van der Waals surface area contributed by atoms with Crippen LogP contribution in [0.1, 0.15) is 57.3 Å². The predicted octanol–water partition coefficient (Wildman–Crippen LogP) is 4.26. The van der Waals surface area contributed by atoms with Gasteiger partial charge in [0, 0.05) is 48.7 Å². The number of amides is 1. The van der Waals surface area contributed by atoms with Gasteiger partial charge in [-0.1, -0.05) is 6.07 Å². The lowest BCUT2D eigenvalue weighted by Crippen LogP contribution is -2.37. The van der Waals surface area contributed by atoms with E-state index in [1.165, 1.54) is 34.2 Å². The van der Waals surface area contributed by atoms with Crippen LogP contribution in [0.2, 0.25) is 0 Å². The van der Waals surface area contributed by atoms with E-state index in [1.807, 2.05) is 24.2 Å². The molecule has 5 heterocycles. The lowest BCUT2D eigenvalue weighted by Gasteiger charge is -2.32. The van der Waals surface area contributed by atoms with Gasteiger partial charge < -0.3 is 15.2 Å². The molecule has 1 fully saturated rings. The third kappa shape index (κ3) is 3.66. The highest BCUT2D eigenvalue weighted by molar-refractivity contribution is 5.92. The van der Waals surface area contributed by atoms with E-state index in [2.05, 4.69) is 50.4 Å². The minimum atomic E-state index is -0.0508. The van der Waals surface area contributed by atoms with Gasteiger partial charge in [-0.15, -0.1) is 0 Å². The van der Waals surface area contributed by atoms with Crippen LogP contribution >= 0.6 is 0 Å². The minimum absolute atomic E-state index is 0.0508. The standard InChI is InChI=1S/C27H28N6O/c1-16-11-31-26-21(16)10-20(13-32-26)19-8-18-5-7-33(27(34)25-14-29-17(2)12-30-25)15-23(18)22(9-19)24-4-3-6-28-24/h8-14,24,28H,3-7,15H2,1-2H3,(H,31,32)/t24-/m0/s1. The van der Waals surface area contributed by atoms with Gasteiger partial charge in [-0.2, -0.15) is 0 Å². The predicted molar refractivity (Wildman–Crippen MR) is 131 cm³/mol. The Kier molecular flexibility index (Phi) is 5.14. The molecule has 7 heteroatoms.